The van der Waals surface area contributed by atoms with Gasteiger partial charge in [0.1, 0.15) is 5.60 Å². The number of amides is 3. The van der Waals surface area contributed by atoms with Gasteiger partial charge < -0.3 is 9.64 Å². The Labute approximate surface area is 153 Å². The van der Waals surface area contributed by atoms with Crippen molar-refractivity contribution in [1.82, 2.24) is 9.80 Å². The maximum atomic E-state index is 12.8. The number of hydrogen-bond donors (Lipinski definition) is 0. The molecule has 2 heterocycles. The molecule has 1 aromatic carbocycles. The molecule has 7 nitrogen and oxygen atoms in total. The second-order valence-corrected chi connectivity index (χ2v) is 7.63. The van der Waals surface area contributed by atoms with E-state index in [9.17, 15) is 14.4 Å². The summed E-state index contributed by atoms with van der Waals surface area (Å²) in [4.78, 5) is 42.2. The Morgan fingerprint density at radius 1 is 1.04 bits per heavy atom. The van der Waals surface area contributed by atoms with E-state index in [0.717, 1.165) is 0 Å². The summed E-state index contributed by atoms with van der Waals surface area (Å²) in [7, 11) is 0. The Morgan fingerprint density at radius 3 is 2.23 bits per heavy atom. The average molecular weight is 359 g/mol. The zero-order valence-corrected chi connectivity index (χ0v) is 15.5. The molecule has 7 heteroatoms. The van der Waals surface area contributed by atoms with Crippen molar-refractivity contribution in [3.05, 3.63) is 30.3 Å². The van der Waals surface area contributed by atoms with E-state index >= 15 is 0 Å². The Hall–Kier alpha value is -2.41. The molecule has 0 aliphatic carbocycles. The maximum Gasteiger partial charge on any atom is 0.410 e. The van der Waals surface area contributed by atoms with Crippen LogP contribution in [0.1, 0.15) is 27.2 Å². The van der Waals surface area contributed by atoms with Crippen molar-refractivity contribution >= 4 is 23.6 Å². The molecule has 0 aromatic heterocycles. The number of carbonyl (C=O) groups excluding carboxylic acids is 3. The first-order chi connectivity index (χ1) is 12.3. The predicted octanol–water partition coefficient (Wildman–Crippen LogP) is 1.87. The summed E-state index contributed by atoms with van der Waals surface area (Å²) in [6, 6.07) is 8.54. The summed E-state index contributed by atoms with van der Waals surface area (Å²) < 4.78 is 5.39. The fourth-order valence-electron chi connectivity index (χ4n) is 3.29. The largest absolute Gasteiger partial charge is 0.444 e. The van der Waals surface area contributed by atoms with Gasteiger partial charge in [-0.2, -0.15) is 0 Å². The molecule has 0 radical (unpaired) electrons. The van der Waals surface area contributed by atoms with Crippen molar-refractivity contribution in [1.29, 1.82) is 0 Å². The first-order valence-electron chi connectivity index (χ1n) is 8.90. The van der Waals surface area contributed by atoms with Gasteiger partial charge in [-0.15, -0.1) is 0 Å². The maximum absolute atomic E-state index is 12.8. The van der Waals surface area contributed by atoms with Crippen LogP contribution < -0.4 is 4.90 Å². The molecule has 1 aromatic rings. The smallest absolute Gasteiger partial charge is 0.410 e. The average Bonchev–Trinajstić information content (AvgIpc) is 2.89. The van der Waals surface area contributed by atoms with E-state index in [-0.39, 0.29) is 24.3 Å². The van der Waals surface area contributed by atoms with Crippen LogP contribution in [0.2, 0.25) is 0 Å². The van der Waals surface area contributed by atoms with Crippen LogP contribution in [0.3, 0.4) is 0 Å². The lowest BCUT2D eigenvalue weighted by Crippen LogP contribution is -2.54. The summed E-state index contributed by atoms with van der Waals surface area (Å²) in [6.07, 6.45) is -0.155. The van der Waals surface area contributed by atoms with Crippen molar-refractivity contribution in [3.8, 4) is 0 Å². The fraction of sp³-hybridized carbons (Fsp3) is 0.526. The van der Waals surface area contributed by atoms with Gasteiger partial charge >= 0.3 is 6.09 Å². The number of nitrogens with zero attached hydrogens (tertiary/aromatic N) is 3. The van der Waals surface area contributed by atoms with E-state index < -0.39 is 11.6 Å². The van der Waals surface area contributed by atoms with Gasteiger partial charge in [-0.25, -0.2) is 9.69 Å². The highest BCUT2D eigenvalue weighted by atomic mass is 16.6. The normalized spacial score (nSPS) is 22.0. The topological polar surface area (TPSA) is 70.2 Å². The van der Waals surface area contributed by atoms with Crippen LogP contribution >= 0.6 is 0 Å². The number of anilines is 1. The minimum atomic E-state index is -0.530. The third-order valence-corrected chi connectivity index (χ3v) is 4.54. The molecule has 0 N–H and O–H groups in total. The Morgan fingerprint density at radius 2 is 1.65 bits per heavy atom. The van der Waals surface area contributed by atoms with E-state index in [1.165, 1.54) is 4.90 Å². The van der Waals surface area contributed by atoms with Crippen LogP contribution in [-0.4, -0.2) is 65.5 Å². The Kier molecular flexibility index (Phi) is 5.00. The van der Waals surface area contributed by atoms with Crippen LogP contribution in [0.15, 0.2) is 30.3 Å². The van der Waals surface area contributed by atoms with Crippen molar-refractivity contribution < 1.29 is 19.1 Å². The number of carbonyl (C=O) groups is 3. The van der Waals surface area contributed by atoms with Gasteiger partial charge in [0.25, 0.3) is 5.91 Å². The van der Waals surface area contributed by atoms with Gasteiger partial charge in [0.15, 0.2) is 0 Å². The molecular formula is C19H25N3O4. The number of benzene rings is 1. The minimum absolute atomic E-state index is 0.180. The molecule has 0 spiro atoms. The number of ether oxygens (including phenoxy) is 1. The van der Waals surface area contributed by atoms with Crippen LogP contribution in [-0.2, 0) is 14.3 Å². The summed E-state index contributed by atoms with van der Waals surface area (Å²) in [6.45, 7) is 7.57. The first kappa shape index (κ1) is 18.4. The van der Waals surface area contributed by atoms with E-state index in [4.69, 9.17) is 4.74 Å². The lowest BCUT2D eigenvalue weighted by molar-refractivity contribution is -0.123. The van der Waals surface area contributed by atoms with Gasteiger partial charge in [-0.05, 0) is 32.9 Å². The summed E-state index contributed by atoms with van der Waals surface area (Å²) in [5.74, 6) is -0.368. The van der Waals surface area contributed by atoms with Crippen molar-refractivity contribution in [2.45, 2.75) is 38.8 Å². The molecule has 2 aliphatic rings. The molecule has 0 unspecified atom stereocenters. The zero-order valence-electron chi connectivity index (χ0n) is 15.5. The van der Waals surface area contributed by atoms with Crippen LogP contribution in [0.5, 0.6) is 0 Å². The standard InChI is InChI=1S/C19H25N3O4/c1-19(2,3)26-18(25)21-11-9-20(10-12-21)15-13-16(23)22(17(15)24)14-7-5-4-6-8-14/h4-8,15H,9-13H2,1-3H3/t15-/m1/s1. The number of rotatable bonds is 2. The van der Waals surface area contributed by atoms with Crippen molar-refractivity contribution in [2.75, 3.05) is 31.1 Å². The molecule has 3 amide bonds. The molecular weight excluding hydrogens is 334 g/mol. The molecule has 2 saturated heterocycles. The highest BCUT2D eigenvalue weighted by molar-refractivity contribution is 6.22. The van der Waals surface area contributed by atoms with Gasteiger partial charge in [0.05, 0.1) is 18.2 Å². The van der Waals surface area contributed by atoms with Crippen LogP contribution in [0, 0.1) is 0 Å². The van der Waals surface area contributed by atoms with Gasteiger partial charge in [-0.1, -0.05) is 18.2 Å². The highest BCUT2D eigenvalue weighted by Crippen LogP contribution is 2.26. The lowest BCUT2D eigenvalue weighted by atomic mass is 10.1. The molecule has 140 valence electrons. The third-order valence-electron chi connectivity index (χ3n) is 4.54. The quantitative estimate of drug-likeness (QED) is 0.754. The van der Waals surface area contributed by atoms with Crippen molar-refractivity contribution in [3.63, 3.8) is 0 Å². The molecule has 2 aliphatic heterocycles. The highest BCUT2D eigenvalue weighted by Gasteiger charge is 2.43. The minimum Gasteiger partial charge on any atom is -0.444 e. The van der Waals surface area contributed by atoms with Crippen molar-refractivity contribution in [2.24, 2.45) is 0 Å². The Balaban J connectivity index is 1.61. The molecule has 1 atom stereocenters. The summed E-state index contributed by atoms with van der Waals surface area (Å²) in [5.41, 5.74) is 0.0792. The Bertz CT molecular complexity index is 690. The SMILES string of the molecule is CC(C)(C)OC(=O)N1CCN([C@@H]2CC(=O)N(c3ccccc3)C2=O)CC1. The van der Waals surface area contributed by atoms with Gasteiger partial charge in [0.2, 0.25) is 5.91 Å². The number of hydrogen-bond acceptors (Lipinski definition) is 5. The molecule has 0 bridgehead atoms. The second-order valence-electron chi connectivity index (χ2n) is 7.63. The summed E-state index contributed by atoms with van der Waals surface area (Å²) >= 11 is 0. The predicted molar refractivity (Wildman–Crippen MR) is 96.7 cm³/mol. The van der Waals surface area contributed by atoms with Gasteiger partial charge in [0, 0.05) is 26.2 Å². The monoisotopic (exact) mass is 359 g/mol. The zero-order chi connectivity index (χ0) is 18.9. The van der Waals surface area contributed by atoms with E-state index in [0.29, 0.717) is 31.9 Å². The first-order valence-corrected chi connectivity index (χ1v) is 8.90. The fourth-order valence-corrected chi connectivity index (χ4v) is 3.29. The lowest BCUT2D eigenvalue weighted by Gasteiger charge is -2.37. The number of para-hydroxylation sites is 1. The molecule has 3 rings (SSSR count). The number of piperazine rings is 1. The molecule has 2 fully saturated rings. The van der Waals surface area contributed by atoms with Crippen LogP contribution in [0.4, 0.5) is 10.5 Å². The van der Waals surface area contributed by atoms with E-state index in [1.54, 1.807) is 17.0 Å². The molecule has 26 heavy (non-hydrogen) atoms. The third kappa shape index (κ3) is 3.88. The van der Waals surface area contributed by atoms with Gasteiger partial charge in [-0.3, -0.25) is 14.5 Å². The van der Waals surface area contributed by atoms with E-state index in [1.807, 2.05) is 43.9 Å². The van der Waals surface area contributed by atoms with E-state index in [2.05, 4.69) is 0 Å². The van der Waals surface area contributed by atoms with Crippen LogP contribution in [0.25, 0.3) is 0 Å². The summed E-state index contributed by atoms with van der Waals surface area (Å²) in [5, 5.41) is 0. The second kappa shape index (κ2) is 7.07. The molecule has 0 saturated carbocycles. The number of imide groups is 1.